The van der Waals surface area contributed by atoms with Crippen LogP contribution in [0.25, 0.3) is 0 Å². The summed E-state index contributed by atoms with van der Waals surface area (Å²) in [5, 5.41) is 0.802. The molecule has 0 spiro atoms. The van der Waals surface area contributed by atoms with Gasteiger partial charge in [0.1, 0.15) is 5.75 Å². The molecule has 1 nitrogen and oxygen atoms in total. The summed E-state index contributed by atoms with van der Waals surface area (Å²) in [5.74, 6) is 0.930. The molecule has 0 fully saturated rings. The minimum absolute atomic E-state index is 0.696. The van der Waals surface area contributed by atoms with Gasteiger partial charge in [-0.15, -0.1) is 0 Å². The second kappa shape index (κ2) is 3.81. The summed E-state index contributed by atoms with van der Waals surface area (Å²) >= 11 is 5.93. The van der Waals surface area contributed by atoms with Gasteiger partial charge in [0.05, 0.1) is 6.61 Å². The second-order valence-electron chi connectivity index (χ2n) is 2.80. The predicted molar refractivity (Wildman–Crippen MR) is 52.1 cm³/mol. The van der Waals surface area contributed by atoms with Crippen molar-refractivity contribution in [2.45, 2.75) is 20.8 Å². The number of benzene rings is 1. The van der Waals surface area contributed by atoms with Gasteiger partial charge in [-0.2, -0.15) is 0 Å². The Kier molecular flexibility index (Phi) is 2.99. The van der Waals surface area contributed by atoms with Crippen LogP contribution in [0, 0.1) is 13.8 Å². The van der Waals surface area contributed by atoms with Crippen LogP contribution in [-0.2, 0) is 0 Å². The van der Waals surface area contributed by atoms with Crippen LogP contribution in [0.15, 0.2) is 12.1 Å². The van der Waals surface area contributed by atoms with Gasteiger partial charge in [-0.3, -0.25) is 0 Å². The van der Waals surface area contributed by atoms with E-state index in [9.17, 15) is 0 Å². The maximum atomic E-state index is 5.93. The van der Waals surface area contributed by atoms with Crippen molar-refractivity contribution in [2.24, 2.45) is 0 Å². The molecule has 0 saturated carbocycles. The quantitative estimate of drug-likeness (QED) is 0.685. The molecule has 0 aromatic heterocycles. The Labute approximate surface area is 78.3 Å². The van der Waals surface area contributed by atoms with Gasteiger partial charge in [0.2, 0.25) is 0 Å². The molecule has 0 atom stereocenters. The number of halogens is 1. The van der Waals surface area contributed by atoms with Crippen molar-refractivity contribution in [3.8, 4) is 5.75 Å². The first-order valence-corrected chi connectivity index (χ1v) is 4.42. The molecule has 1 rings (SSSR count). The van der Waals surface area contributed by atoms with Crippen LogP contribution in [0.1, 0.15) is 18.1 Å². The van der Waals surface area contributed by atoms with E-state index in [-0.39, 0.29) is 0 Å². The molecule has 0 aliphatic rings. The summed E-state index contributed by atoms with van der Waals surface area (Å²) in [4.78, 5) is 0. The highest BCUT2D eigenvalue weighted by Crippen LogP contribution is 2.25. The number of hydrogen-bond donors (Lipinski definition) is 0. The zero-order valence-electron chi connectivity index (χ0n) is 7.65. The van der Waals surface area contributed by atoms with Crippen LogP contribution in [0.3, 0.4) is 0 Å². The highest BCUT2D eigenvalue weighted by atomic mass is 35.5. The minimum atomic E-state index is 0.696. The maximum absolute atomic E-state index is 5.93. The summed E-state index contributed by atoms with van der Waals surface area (Å²) < 4.78 is 5.41. The smallest absolute Gasteiger partial charge is 0.122 e. The molecule has 0 N–H and O–H groups in total. The van der Waals surface area contributed by atoms with E-state index in [1.807, 2.05) is 32.9 Å². The van der Waals surface area contributed by atoms with Crippen molar-refractivity contribution in [1.29, 1.82) is 0 Å². The van der Waals surface area contributed by atoms with Crippen LogP contribution in [-0.4, -0.2) is 6.61 Å². The minimum Gasteiger partial charge on any atom is -0.494 e. The van der Waals surface area contributed by atoms with Crippen molar-refractivity contribution < 1.29 is 4.74 Å². The fourth-order valence-corrected chi connectivity index (χ4v) is 1.28. The van der Waals surface area contributed by atoms with E-state index >= 15 is 0 Å². The third kappa shape index (κ3) is 1.92. The Morgan fingerprint density at radius 2 is 1.92 bits per heavy atom. The fraction of sp³-hybridized carbons (Fsp3) is 0.400. The van der Waals surface area contributed by atoms with E-state index in [0.29, 0.717) is 6.61 Å². The van der Waals surface area contributed by atoms with E-state index in [1.54, 1.807) is 0 Å². The van der Waals surface area contributed by atoms with Crippen molar-refractivity contribution in [3.05, 3.63) is 28.3 Å². The standard InChI is InChI=1S/C10H13ClO/c1-4-12-10-6-7(2)9(11)5-8(10)3/h5-6H,4H2,1-3H3. The zero-order chi connectivity index (χ0) is 9.14. The lowest BCUT2D eigenvalue weighted by molar-refractivity contribution is 0.337. The third-order valence-electron chi connectivity index (χ3n) is 1.76. The Bertz CT molecular complexity index is 281. The molecule has 0 radical (unpaired) electrons. The van der Waals surface area contributed by atoms with Gasteiger partial charge in [0.15, 0.2) is 0 Å². The molecule has 0 saturated heterocycles. The van der Waals surface area contributed by atoms with Crippen LogP contribution < -0.4 is 4.74 Å². The van der Waals surface area contributed by atoms with Crippen LogP contribution in [0.5, 0.6) is 5.75 Å². The predicted octanol–water partition coefficient (Wildman–Crippen LogP) is 3.36. The molecule has 1 aromatic rings. The number of aryl methyl sites for hydroxylation is 2. The molecular weight excluding hydrogens is 172 g/mol. The van der Waals surface area contributed by atoms with Gasteiger partial charge in [-0.1, -0.05) is 11.6 Å². The monoisotopic (exact) mass is 184 g/mol. The Hall–Kier alpha value is -0.690. The Morgan fingerprint density at radius 1 is 1.25 bits per heavy atom. The van der Waals surface area contributed by atoms with Crippen LogP contribution in [0.2, 0.25) is 5.02 Å². The van der Waals surface area contributed by atoms with Gasteiger partial charge in [0.25, 0.3) is 0 Å². The molecule has 0 aliphatic heterocycles. The van der Waals surface area contributed by atoms with Crippen LogP contribution in [0.4, 0.5) is 0 Å². The molecule has 1 aromatic carbocycles. The number of ether oxygens (including phenoxy) is 1. The van der Waals surface area contributed by atoms with Crippen LogP contribution >= 0.6 is 11.6 Å². The maximum Gasteiger partial charge on any atom is 0.122 e. The lowest BCUT2D eigenvalue weighted by atomic mass is 10.1. The largest absolute Gasteiger partial charge is 0.494 e. The molecule has 0 aliphatic carbocycles. The Morgan fingerprint density at radius 3 is 2.50 bits per heavy atom. The summed E-state index contributed by atoms with van der Waals surface area (Å²) in [6, 6.07) is 3.91. The summed E-state index contributed by atoms with van der Waals surface area (Å²) in [5.41, 5.74) is 2.15. The first-order valence-electron chi connectivity index (χ1n) is 4.04. The molecule has 0 amide bonds. The lowest BCUT2D eigenvalue weighted by Crippen LogP contribution is -1.94. The van der Waals surface area contributed by atoms with Crippen molar-refractivity contribution in [3.63, 3.8) is 0 Å². The van der Waals surface area contributed by atoms with E-state index < -0.39 is 0 Å². The van der Waals surface area contributed by atoms with Gasteiger partial charge in [-0.25, -0.2) is 0 Å². The van der Waals surface area contributed by atoms with Gasteiger partial charge in [0, 0.05) is 5.02 Å². The highest BCUT2D eigenvalue weighted by Gasteiger charge is 2.02. The molecule has 0 unspecified atom stereocenters. The lowest BCUT2D eigenvalue weighted by Gasteiger charge is -2.08. The van der Waals surface area contributed by atoms with E-state index in [1.165, 1.54) is 0 Å². The number of rotatable bonds is 2. The summed E-state index contributed by atoms with van der Waals surface area (Å²) in [7, 11) is 0. The van der Waals surface area contributed by atoms with E-state index in [2.05, 4.69) is 0 Å². The average molecular weight is 185 g/mol. The molecular formula is C10H13ClO. The van der Waals surface area contributed by atoms with E-state index in [0.717, 1.165) is 21.9 Å². The van der Waals surface area contributed by atoms with Gasteiger partial charge in [-0.05, 0) is 44.0 Å². The first kappa shape index (κ1) is 9.40. The normalized spacial score (nSPS) is 10.0. The first-order chi connectivity index (χ1) is 5.65. The summed E-state index contributed by atoms with van der Waals surface area (Å²) in [6.45, 7) is 6.64. The SMILES string of the molecule is CCOc1cc(C)c(Cl)cc1C. The van der Waals surface area contributed by atoms with Gasteiger partial charge >= 0.3 is 0 Å². The third-order valence-corrected chi connectivity index (χ3v) is 2.16. The molecule has 0 heterocycles. The fourth-order valence-electron chi connectivity index (χ4n) is 1.07. The second-order valence-corrected chi connectivity index (χ2v) is 3.21. The molecule has 0 bridgehead atoms. The van der Waals surface area contributed by atoms with E-state index in [4.69, 9.17) is 16.3 Å². The summed E-state index contributed by atoms with van der Waals surface area (Å²) in [6.07, 6.45) is 0. The topological polar surface area (TPSA) is 9.23 Å². The zero-order valence-corrected chi connectivity index (χ0v) is 8.40. The number of hydrogen-bond acceptors (Lipinski definition) is 1. The Balaban J connectivity index is 3.05. The van der Waals surface area contributed by atoms with Crippen molar-refractivity contribution in [1.82, 2.24) is 0 Å². The average Bonchev–Trinajstić information content (AvgIpc) is 2.01. The molecule has 66 valence electrons. The van der Waals surface area contributed by atoms with Crippen molar-refractivity contribution >= 4 is 11.6 Å². The van der Waals surface area contributed by atoms with Gasteiger partial charge < -0.3 is 4.74 Å². The molecule has 2 heteroatoms. The molecule has 12 heavy (non-hydrogen) atoms. The highest BCUT2D eigenvalue weighted by molar-refractivity contribution is 6.31. The van der Waals surface area contributed by atoms with Crippen molar-refractivity contribution in [2.75, 3.05) is 6.61 Å².